The van der Waals surface area contributed by atoms with Gasteiger partial charge in [0.15, 0.2) is 5.13 Å². The number of hydrogen-bond donors (Lipinski definition) is 1. The Hall–Kier alpha value is -0.650. The Morgan fingerprint density at radius 2 is 1.94 bits per heavy atom. The second-order valence-electron chi connectivity index (χ2n) is 5.42. The fourth-order valence-electron chi connectivity index (χ4n) is 3.17. The molecule has 0 spiro atoms. The normalized spacial score (nSPS) is 23.8. The number of nitrogen functional groups attached to an aromatic ring is 1. The number of nitrogens with zero attached hydrogens (tertiary/aromatic N) is 3. The Morgan fingerprint density at radius 3 is 2.56 bits per heavy atom. The van der Waals surface area contributed by atoms with Crippen molar-refractivity contribution in [2.45, 2.75) is 38.3 Å². The quantitative estimate of drug-likeness (QED) is 0.906. The molecule has 5 heteroatoms. The highest BCUT2D eigenvalue weighted by Gasteiger charge is 2.26. The predicted molar refractivity (Wildman–Crippen MR) is 75.6 cm³/mol. The number of aromatic nitrogens is 1. The maximum absolute atomic E-state index is 5.67. The van der Waals surface area contributed by atoms with Gasteiger partial charge in [0.25, 0.3) is 0 Å². The van der Waals surface area contributed by atoms with Gasteiger partial charge < -0.3 is 5.73 Å². The van der Waals surface area contributed by atoms with Gasteiger partial charge in [0, 0.05) is 49.8 Å². The lowest BCUT2D eigenvalue weighted by molar-refractivity contribution is 0.0943. The molecule has 2 heterocycles. The zero-order chi connectivity index (χ0) is 12.4. The summed E-state index contributed by atoms with van der Waals surface area (Å²) in [7, 11) is 0. The molecule has 1 aliphatic heterocycles. The summed E-state index contributed by atoms with van der Waals surface area (Å²) in [6.07, 6.45) is 7.64. The zero-order valence-corrected chi connectivity index (χ0v) is 11.7. The molecule has 2 N–H and O–H groups in total. The number of piperazine rings is 1. The summed E-state index contributed by atoms with van der Waals surface area (Å²) in [5, 5.41) is 0.689. The lowest BCUT2D eigenvalue weighted by atomic mass is 10.2. The lowest BCUT2D eigenvalue weighted by Gasteiger charge is -2.37. The maximum Gasteiger partial charge on any atom is 0.180 e. The van der Waals surface area contributed by atoms with Crippen LogP contribution in [0.2, 0.25) is 0 Å². The molecule has 100 valence electrons. The molecule has 0 radical (unpaired) electrons. The molecule has 0 amide bonds. The van der Waals surface area contributed by atoms with E-state index >= 15 is 0 Å². The van der Waals surface area contributed by atoms with Crippen LogP contribution in [-0.4, -0.2) is 47.0 Å². The summed E-state index contributed by atoms with van der Waals surface area (Å²) in [6.45, 7) is 5.87. The van der Waals surface area contributed by atoms with Gasteiger partial charge in [-0.25, -0.2) is 4.98 Å². The Bertz CT molecular complexity index is 378. The summed E-state index contributed by atoms with van der Waals surface area (Å²) >= 11 is 1.62. The zero-order valence-electron chi connectivity index (χ0n) is 10.8. The maximum atomic E-state index is 5.67. The van der Waals surface area contributed by atoms with Crippen molar-refractivity contribution >= 4 is 16.5 Å². The van der Waals surface area contributed by atoms with E-state index in [0.29, 0.717) is 5.13 Å². The molecule has 1 aromatic heterocycles. The van der Waals surface area contributed by atoms with Gasteiger partial charge in [-0.15, -0.1) is 11.3 Å². The van der Waals surface area contributed by atoms with Crippen molar-refractivity contribution in [1.82, 2.24) is 14.8 Å². The van der Waals surface area contributed by atoms with E-state index < -0.39 is 0 Å². The van der Waals surface area contributed by atoms with Crippen LogP contribution in [-0.2, 0) is 6.54 Å². The van der Waals surface area contributed by atoms with E-state index in [4.69, 9.17) is 5.73 Å². The molecule has 18 heavy (non-hydrogen) atoms. The van der Waals surface area contributed by atoms with Gasteiger partial charge in [-0.2, -0.15) is 0 Å². The number of nitrogens with two attached hydrogens (primary N) is 1. The molecule has 0 bridgehead atoms. The van der Waals surface area contributed by atoms with Crippen LogP contribution in [0, 0.1) is 0 Å². The molecule has 0 unspecified atom stereocenters. The van der Waals surface area contributed by atoms with Crippen molar-refractivity contribution in [2.24, 2.45) is 0 Å². The first kappa shape index (κ1) is 12.4. The molecule has 0 aromatic carbocycles. The van der Waals surface area contributed by atoms with Crippen LogP contribution in [0.1, 0.15) is 30.6 Å². The third-order valence-corrected chi connectivity index (χ3v) is 5.01. The first-order valence-electron chi connectivity index (χ1n) is 6.98. The Kier molecular flexibility index (Phi) is 3.82. The highest BCUT2D eigenvalue weighted by atomic mass is 32.1. The van der Waals surface area contributed by atoms with Crippen LogP contribution in [0.15, 0.2) is 6.20 Å². The van der Waals surface area contributed by atoms with Gasteiger partial charge in [0.2, 0.25) is 0 Å². The molecule has 1 saturated carbocycles. The third kappa shape index (κ3) is 2.84. The molecule has 1 saturated heterocycles. The average Bonchev–Trinajstić information content (AvgIpc) is 3.02. The van der Waals surface area contributed by atoms with Crippen molar-refractivity contribution in [3.05, 3.63) is 11.1 Å². The van der Waals surface area contributed by atoms with Gasteiger partial charge in [0.1, 0.15) is 0 Å². The van der Waals surface area contributed by atoms with Crippen molar-refractivity contribution in [3.8, 4) is 0 Å². The minimum atomic E-state index is 0.689. The molecule has 2 fully saturated rings. The van der Waals surface area contributed by atoms with E-state index in [-0.39, 0.29) is 0 Å². The Balaban J connectivity index is 1.47. The standard InChI is InChI=1S/C13H22N4S/c14-13-15-9-12(18-13)10-16-5-7-17(8-6-16)11-3-1-2-4-11/h9,11H,1-8,10H2,(H2,14,15). The first-order valence-corrected chi connectivity index (χ1v) is 7.79. The van der Waals surface area contributed by atoms with Crippen LogP contribution in [0.3, 0.4) is 0 Å². The Labute approximate surface area is 113 Å². The summed E-state index contributed by atoms with van der Waals surface area (Å²) in [4.78, 5) is 10.6. The van der Waals surface area contributed by atoms with Crippen molar-refractivity contribution < 1.29 is 0 Å². The molecule has 2 aliphatic rings. The number of rotatable bonds is 3. The molecular formula is C13H22N4S. The van der Waals surface area contributed by atoms with Crippen molar-refractivity contribution in [1.29, 1.82) is 0 Å². The summed E-state index contributed by atoms with van der Waals surface area (Å²) < 4.78 is 0. The van der Waals surface area contributed by atoms with E-state index in [1.165, 1.54) is 56.7 Å². The van der Waals surface area contributed by atoms with Gasteiger partial charge >= 0.3 is 0 Å². The molecule has 4 nitrogen and oxygen atoms in total. The summed E-state index contributed by atoms with van der Waals surface area (Å²) in [6, 6.07) is 0.881. The molecule has 0 atom stereocenters. The predicted octanol–water partition coefficient (Wildman–Crippen LogP) is 1.79. The SMILES string of the molecule is Nc1ncc(CN2CCN(C3CCCC3)CC2)s1. The second-order valence-corrected chi connectivity index (χ2v) is 6.56. The Morgan fingerprint density at radius 1 is 1.22 bits per heavy atom. The van der Waals surface area contributed by atoms with Crippen LogP contribution in [0.4, 0.5) is 5.13 Å². The number of thiazole rings is 1. The van der Waals surface area contributed by atoms with E-state index in [2.05, 4.69) is 14.8 Å². The lowest BCUT2D eigenvalue weighted by Crippen LogP contribution is -2.49. The van der Waals surface area contributed by atoms with E-state index in [1.54, 1.807) is 11.3 Å². The minimum absolute atomic E-state index is 0.689. The molecule has 1 aromatic rings. The highest BCUT2D eigenvalue weighted by Crippen LogP contribution is 2.25. The van der Waals surface area contributed by atoms with Gasteiger partial charge in [-0.3, -0.25) is 9.80 Å². The molecule has 1 aliphatic carbocycles. The largest absolute Gasteiger partial charge is 0.375 e. The topological polar surface area (TPSA) is 45.4 Å². The van der Waals surface area contributed by atoms with Crippen LogP contribution < -0.4 is 5.73 Å². The van der Waals surface area contributed by atoms with Crippen LogP contribution in [0.25, 0.3) is 0 Å². The second kappa shape index (κ2) is 5.55. The van der Waals surface area contributed by atoms with Gasteiger partial charge in [-0.1, -0.05) is 12.8 Å². The van der Waals surface area contributed by atoms with E-state index in [0.717, 1.165) is 12.6 Å². The summed E-state index contributed by atoms with van der Waals surface area (Å²) in [5.41, 5.74) is 5.67. The summed E-state index contributed by atoms with van der Waals surface area (Å²) in [5.74, 6) is 0. The monoisotopic (exact) mass is 266 g/mol. The fourth-order valence-corrected chi connectivity index (χ4v) is 3.90. The third-order valence-electron chi connectivity index (χ3n) is 4.20. The average molecular weight is 266 g/mol. The fraction of sp³-hybridized carbons (Fsp3) is 0.769. The van der Waals surface area contributed by atoms with Crippen LogP contribution in [0.5, 0.6) is 0 Å². The van der Waals surface area contributed by atoms with E-state index in [9.17, 15) is 0 Å². The highest BCUT2D eigenvalue weighted by molar-refractivity contribution is 7.15. The van der Waals surface area contributed by atoms with E-state index in [1.807, 2.05) is 6.20 Å². The molecular weight excluding hydrogens is 244 g/mol. The van der Waals surface area contributed by atoms with Crippen molar-refractivity contribution in [3.63, 3.8) is 0 Å². The van der Waals surface area contributed by atoms with Crippen molar-refractivity contribution in [2.75, 3.05) is 31.9 Å². The molecule has 3 rings (SSSR count). The van der Waals surface area contributed by atoms with Crippen LogP contribution >= 0.6 is 11.3 Å². The minimum Gasteiger partial charge on any atom is -0.375 e. The smallest absolute Gasteiger partial charge is 0.180 e. The number of anilines is 1. The van der Waals surface area contributed by atoms with Gasteiger partial charge in [-0.05, 0) is 12.8 Å². The first-order chi connectivity index (χ1) is 8.81. The number of hydrogen-bond acceptors (Lipinski definition) is 5. The van der Waals surface area contributed by atoms with Gasteiger partial charge in [0.05, 0.1) is 0 Å².